The first-order chi connectivity index (χ1) is 16.9. The zero-order chi connectivity index (χ0) is 26.0. The summed E-state index contributed by atoms with van der Waals surface area (Å²) < 4.78 is 82.3. The molecular formula is C26H23F6NO3. The van der Waals surface area contributed by atoms with E-state index < -0.39 is 58.7 Å². The summed E-state index contributed by atoms with van der Waals surface area (Å²) in [6.45, 7) is 0. The number of Topliss-reactive ketones (excluding diaryl/α,β-unsaturated/α-hetero) is 2. The number of rotatable bonds is 4. The predicted molar refractivity (Wildman–Crippen MR) is 120 cm³/mol. The Hall–Kier alpha value is -3.14. The molecule has 2 aliphatic heterocycles. The molecule has 0 spiro atoms. The molecule has 5 rings (SSSR count). The number of benzene rings is 2. The lowest BCUT2D eigenvalue weighted by molar-refractivity contribution is -0.139. The van der Waals surface area contributed by atoms with Crippen LogP contribution in [0.5, 0.6) is 0 Å². The van der Waals surface area contributed by atoms with Crippen molar-refractivity contribution in [1.29, 1.82) is 0 Å². The Morgan fingerprint density at radius 1 is 1.03 bits per heavy atom. The normalized spacial score (nSPS) is 23.6. The van der Waals surface area contributed by atoms with Gasteiger partial charge in [0, 0.05) is 25.1 Å². The first-order valence-corrected chi connectivity index (χ1v) is 11.5. The number of fused-ring (bicyclic) bond motifs is 3. The molecular weight excluding hydrogens is 488 g/mol. The van der Waals surface area contributed by atoms with Gasteiger partial charge in [-0.25, -0.2) is 0 Å². The molecule has 1 aliphatic carbocycles. The van der Waals surface area contributed by atoms with Gasteiger partial charge in [0.1, 0.15) is 0 Å². The molecule has 2 aromatic rings. The van der Waals surface area contributed by atoms with Crippen LogP contribution in [-0.4, -0.2) is 34.9 Å². The van der Waals surface area contributed by atoms with Gasteiger partial charge in [0.05, 0.1) is 28.8 Å². The van der Waals surface area contributed by atoms with Crippen LogP contribution in [-0.2, 0) is 30.0 Å². The largest absolute Gasteiger partial charge is 0.417 e. The van der Waals surface area contributed by atoms with Gasteiger partial charge in [-0.1, -0.05) is 24.3 Å². The monoisotopic (exact) mass is 511 g/mol. The smallest absolute Gasteiger partial charge is 0.391 e. The minimum atomic E-state index is -4.83. The summed E-state index contributed by atoms with van der Waals surface area (Å²) in [5.41, 5.74) is -3.37. The second kappa shape index (κ2) is 8.47. The molecule has 0 amide bonds. The quantitative estimate of drug-likeness (QED) is 0.432. The molecule has 2 saturated heterocycles. The standard InChI is InChI=1S/C26H21F6NO3.H2/c27-25(28,29)18-3-1-2-13-5-8-17(24(36)23(13)18)21(34)10-14-4-6-15(11-19(14)26(30,31)32)33-16-7-9-20(33)22(35)12-16;/h1-4,6,8,11,16,20,22,35H,5,7,9-10,12H2;1H. The Bertz CT molecular complexity index is 1290. The molecule has 36 heavy (non-hydrogen) atoms. The molecule has 0 saturated carbocycles. The van der Waals surface area contributed by atoms with Gasteiger partial charge < -0.3 is 10.0 Å². The number of hydrogen-bond donors (Lipinski definition) is 1. The summed E-state index contributed by atoms with van der Waals surface area (Å²) >= 11 is 0. The van der Waals surface area contributed by atoms with Crippen molar-refractivity contribution in [3.8, 4) is 0 Å². The minimum Gasteiger partial charge on any atom is -0.391 e. The van der Waals surface area contributed by atoms with E-state index in [1.54, 1.807) is 4.90 Å². The molecule has 3 aliphatic rings. The second-order valence-electron chi connectivity index (χ2n) is 9.44. The SMILES string of the molecule is O=C(Cc1ccc(N2C3CCC2C(O)C3)cc1C(F)(F)F)C1=CCc2cccc(C(F)(F)F)c2C1=O.[HH]. The van der Waals surface area contributed by atoms with Crippen molar-refractivity contribution < 1.29 is 42.5 Å². The molecule has 2 aromatic carbocycles. The van der Waals surface area contributed by atoms with E-state index in [2.05, 4.69) is 0 Å². The van der Waals surface area contributed by atoms with Gasteiger partial charge in [0.2, 0.25) is 0 Å². The van der Waals surface area contributed by atoms with Gasteiger partial charge in [-0.3, -0.25) is 9.59 Å². The van der Waals surface area contributed by atoms with E-state index in [1.165, 1.54) is 24.3 Å². The number of ketones is 2. The number of alkyl halides is 6. The van der Waals surface area contributed by atoms with Crippen LogP contribution in [0.3, 0.4) is 0 Å². The summed E-state index contributed by atoms with van der Waals surface area (Å²) in [6, 6.07) is 6.50. The highest BCUT2D eigenvalue weighted by Crippen LogP contribution is 2.44. The third kappa shape index (κ3) is 4.11. The van der Waals surface area contributed by atoms with Crippen LogP contribution in [0.25, 0.3) is 0 Å². The summed E-state index contributed by atoms with van der Waals surface area (Å²) in [6.07, 6.45) is -8.05. The van der Waals surface area contributed by atoms with Crippen molar-refractivity contribution in [2.75, 3.05) is 4.90 Å². The summed E-state index contributed by atoms with van der Waals surface area (Å²) in [5.74, 6) is -2.11. The maximum atomic E-state index is 14.0. The molecule has 192 valence electrons. The summed E-state index contributed by atoms with van der Waals surface area (Å²) in [7, 11) is 0. The molecule has 10 heteroatoms. The van der Waals surface area contributed by atoms with E-state index in [1.807, 2.05) is 0 Å². The fraction of sp³-hybridized carbons (Fsp3) is 0.385. The zero-order valence-corrected chi connectivity index (χ0v) is 18.8. The number of nitrogens with zero attached hydrogens (tertiary/aromatic N) is 1. The fourth-order valence-corrected chi connectivity index (χ4v) is 5.73. The maximum absolute atomic E-state index is 14.0. The average Bonchev–Trinajstić information content (AvgIpc) is 3.34. The predicted octanol–water partition coefficient (Wildman–Crippen LogP) is 5.55. The first kappa shape index (κ1) is 24.5. The topological polar surface area (TPSA) is 57.6 Å². The highest BCUT2D eigenvalue weighted by Gasteiger charge is 2.46. The van der Waals surface area contributed by atoms with Crippen molar-refractivity contribution >= 4 is 17.3 Å². The van der Waals surface area contributed by atoms with Crippen LogP contribution in [0.4, 0.5) is 32.0 Å². The van der Waals surface area contributed by atoms with Crippen molar-refractivity contribution in [1.82, 2.24) is 0 Å². The van der Waals surface area contributed by atoms with Gasteiger partial charge in [-0.15, -0.1) is 0 Å². The third-order valence-electron chi connectivity index (χ3n) is 7.31. The van der Waals surface area contributed by atoms with Gasteiger partial charge in [0.25, 0.3) is 0 Å². The molecule has 3 atom stereocenters. The van der Waals surface area contributed by atoms with E-state index in [0.29, 0.717) is 18.5 Å². The minimum absolute atomic E-state index is 0. The molecule has 1 N–H and O–H groups in total. The number of allylic oxidation sites excluding steroid dienone is 2. The number of anilines is 1. The number of halogens is 6. The van der Waals surface area contributed by atoms with Crippen molar-refractivity contribution in [3.63, 3.8) is 0 Å². The van der Waals surface area contributed by atoms with Gasteiger partial charge >= 0.3 is 12.4 Å². The lowest BCUT2D eigenvalue weighted by atomic mass is 9.84. The maximum Gasteiger partial charge on any atom is 0.417 e. The number of aliphatic hydroxyl groups is 1. The van der Waals surface area contributed by atoms with E-state index in [4.69, 9.17) is 0 Å². The Morgan fingerprint density at radius 2 is 1.75 bits per heavy atom. The summed E-state index contributed by atoms with van der Waals surface area (Å²) in [4.78, 5) is 27.6. The number of hydrogen-bond acceptors (Lipinski definition) is 4. The Morgan fingerprint density at radius 3 is 2.36 bits per heavy atom. The Balaban J connectivity index is 0.00000320. The lowest BCUT2D eigenvalue weighted by Gasteiger charge is -2.26. The number of carbonyl (C=O) groups is 2. The van der Waals surface area contributed by atoms with E-state index >= 15 is 0 Å². The molecule has 2 heterocycles. The molecule has 2 bridgehead atoms. The van der Waals surface area contributed by atoms with Crippen LogP contribution in [0, 0.1) is 0 Å². The van der Waals surface area contributed by atoms with Gasteiger partial charge in [0.15, 0.2) is 11.6 Å². The van der Waals surface area contributed by atoms with Crippen LogP contribution in [0.15, 0.2) is 48.0 Å². The molecule has 0 radical (unpaired) electrons. The molecule has 3 unspecified atom stereocenters. The molecule has 4 nitrogen and oxygen atoms in total. The van der Waals surface area contributed by atoms with Crippen LogP contribution in [0.2, 0.25) is 0 Å². The van der Waals surface area contributed by atoms with Crippen LogP contribution in [0.1, 0.15) is 53.3 Å². The van der Waals surface area contributed by atoms with Gasteiger partial charge in [-0.2, -0.15) is 26.3 Å². The molecule has 2 fully saturated rings. The number of carbonyl (C=O) groups excluding carboxylic acids is 2. The Kier molecular flexibility index (Phi) is 5.77. The van der Waals surface area contributed by atoms with Gasteiger partial charge in [-0.05, 0) is 55.0 Å². The van der Waals surface area contributed by atoms with Crippen molar-refractivity contribution in [2.45, 2.75) is 62.6 Å². The van der Waals surface area contributed by atoms with Crippen LogP contribution < -0.4 is 4.90 Å². The van der Waals surface area contributed by atoms with Crippen molar-refractivity contribution in [2.24, 2.45) is 0 Å². The lowest BCUT2D eigenvalue weighted by Crippen LogP contribution is -2.32. The van der Waals surface area contributed by atoms with Crippen molar-refractivity contribution in [3.05, 3.63) is 75.9 Å². The summed E-state index contributed by atoms with van der Waals surface area (Å²) in [5, 5.41) is 10.1. The number of aliphatic hydroxyl groups excluding tert-OH is 1. The highest BCUT2D eigenvalue weighted by molar-refractivity contribution is 6.28. The average molecular weight is 511 g/mol. The Labute approximate surface area is 203 Å². The van der Waals surface area contributed by atoms with E-state index in [9.17, 15) is 41.0 Å². The fourth-order valence-electron chi connectivity index (χ4n) is 5.73. The highest BCUT2D eigenvalue weighted by atomic mass is 19.4. The van der Waals surface area contributed by atoms with Crippen LogP contribution >= 0.6 is 0 Å². The third-order valence-corrected chi connectivity index (χ3v) is 7.31. The zero-order valence-electron chi connectivity index (χ0n) is 18.8. The van der Waals surface area contributed by atoms with E-state index in [0.717, 1.165) is 24.6 Å². The second-order valence-corrected chi connectivity index (χ2v) is 9.44. The van der Waals surface area contributed by atoms with E-state index in [-0.39, 0.29) is 31.1 Å². The first-order valence-electron chi connectivity index (χ1n) is 11.5. The molecule has 0 aromatic heterocycles.